The summed E-state index contributed by atoms with van der Waals surface area (Å²) in [7, 11) is 1.75. The standard InChI is InChI=1S/C25H35Cl2N5O/c1-16(14-33-3)31-18-4-6-19(7-5-18)32-23-11-20(21(26)13-28-23)17-10-22(24(27)29-12-17)30-15-25(2)8-9-25/h10-13,16,18-19,30-31H,4-9,14-15H2,1-3H3,(H,28,32)/t16-,18?,19?/m0/s1. The molecule has 0 aliphatic heterocycles. The van der Waals surface area contributed by atoms with Crippen molar-refractivity contribution in [3.8, 4) is 11.1 Å². The largest absolute Gasteiger partial charge is 0.383 e. The molecule has 33 heavy (non-hydrogen) atoms. The van der Waals surface area contributed by atoms with E-state index in [1.54, 1.807) is 19.5 Å². The summed E-state index contributed by atoms with van der Waals surface area (Å²) in [5.74, 6) is 0.841. The van der Waals surface area contributed by atoms with Gasteiger partial charge in [0, 0.05) is 55.3 Å². The molecule has 0 unspecified atom stereocenters. The van der Waals surface area contributed by atoms with Crippen LogP contribution in [0.5, 0.6) is 0 Å². The van der Waals surface area contributed by atoms with Crippen LogP contribution in [0.2, 0.25) is 10.2 Å². The molecule has 0 aromatic carbocycles. The van der Waals surface area contributed by atoms with Gasteiger partial charge in [0.25, 0.3) is 0 Å². The molecule has 2 fully saturated rings. The van der Waals surface area contributed by atoms with E-state index in [0.29, 0.717) is 33.7 Å². The molecule has 0 saturated heterocycles. The van der Waals surface area contributed by atoms with E-state index in [4.69, 9.17) is 27.9 Å². The molecule has 3 N–H and O–H groups in total. The molecule has 0 amide bonds. The Morgan fingerprint density at radius 1 is 1.09 bits per heavy atom. The maximum absolute atomic E-state index is 6.53. The van der Waals surface area contributed by atoms with Gasteiger partial charge in [-0.2, -0.15) is 0 Å². The van der Waals surface area contributed by atoms with Gasteiger partial charge in [0.2, 0.25) is 0 Å². The van der Waals surface area contributed by atoms with Crippen LogP contribution in [-0.2, 0) is 4.74 Å². The van der Waals surface area contributed by atoms with Crippen molar-refractivity contribution in [2.45, 2.75) is 70.5 Å². The Labute approximate surface area is 207 Å². The monoisotopic (exact) mass is 491 g/mol. The molecule has 2 heterocycles. The summed E-state index contributed by atoms with van der Waals surface area (Å²) in [4.78, 5) is 8.93. The molecule has 2 aromatic heterocycles. The fourth-order valence-corrected chi connectivity index (χ4v) is 4.85. The number of ether oxygens (including phenoxy) is 1. The number of pyridine rings is 2. The Bertz CT molecular complexity index is 944. The number of aromatic nitrogens is 2. The molecule has 8 heteroatoms. The molecule has 0 spiro atoms. The molecule has 0 bridgehead atoms. The van der Waals surface area contributed by atoms with E-state index >= 15 is 0 Å². The van der Waals surface area contributed by atoms with Gasteiger partial charge in [-0.05, 0) is 63.0 Å². The number of nitrogens with zero attached hydrogens (tertiary/aromatic N) is 2. The number of anilines is 2. The smallest absolute Gasteiger partial charge is 0.152 e. The predicted molar refractivity (Wildman–Crippen MR) is 137 cm³/mol. The summed E-state index contributed by atoms with van der Waals surface area (Å²) in [6.45, 7) is 6.10. The van der Waals surface area contributed by atoms with E-state index < -0.39 is 0 Å². The third-order valence-electron chi connectivity index (χ3n) is 6.83. The molecular formula is C25H35Cl2N5O. The van der Waals surface area contributed by atoms with Crippen LogP contribution < -0.4 is 16.0 Å². The summed E-state index contributed by atoms with van der Waals surface area (Å²) in [5, 5.41) is 11.8. The molecule has 180 valence electrons. The van der Waals surface area contributed by atoms with Gasteiger partial charge in [0.15, 0.2) is 5.15 Å². The van der Waals surface area contributed by atoms with Crippen molar-refractivity contribution in [2.75, 3.05) is 30.9 Å². The van der Waals surface area contributed by atoms with E-state index in [2.05, 4.69) is 39.8 Å². The highest BCUT2D eigenvalue weighted by Gasteiger charge is 2.36. The van der Waals surface area contributed by atoms with Crippen LogP contribution in [0.3, 0.4) is 0 Å². The zero-order chi connectivity index (χ0) is 23.4. The van der Waals surface area contributed by atoms with Crippen LogP contribution in [-0.4, -0.2) is 48.4 Å². The quantitative estimate of drug-likeness (QED) is 0.353. The minimum Gasteiger partial charge on any atom is -0.383 e. The Kier molecular flexibility index (Phi) is 8.00. The van der Waals surface area contributed by atoms with Gasteiger partial charge < -0.3 is 20.7 Å². The first kappa shape index (κ1) is 24.5. The maximum Gasteiger partial charge on any atom is 0.152 e. The predicted octanol–water partition coefficient (Wildman–Crippen LogP) is 6.01. The molecule has 6 nitrogen and oxygen atoms in total. The lowest BCUT2D eigenvalue weighted by atomic mass is 9.90. The maximum atomic E-state index is 6.53. The van der Waals surface area contributed by atoms with Crippen molar-refractivity contribution in [3.05, 3.63) is 34.7 Å². The number of methoxy groups -OCH3 is 1. The minimum absolute atomic E-state index is 0.376. The van der Waals surface area contributed by atoms with E-state index in [-0.39, 0.29) is 0 Å². The first-order valence-electron chi connectivity index (χ1n) is 11.9. The van der Waals surface area contributed by atoms with Crippen molar-refractivity contribution in [2.24, 2.45) is 5.41 Å². The number of hydrogen-bond donors (Lipinski definition) is 3. The zero-order valence-corrected chi connectivity index (χ0v) is 21.3. The van der Waals surface area contributed by atoms with Gasteiger partial charge >= 0.3 is 0 Å². The summed E-state index contributed by atoms with van der Waals surface area (Å²) in [6, 6.07) is 5.38. The molecule has 1 atom stereocenters. The van der Waals surface area contributed by atoms with E-state index in [1.807, 2.05) is 12.1 Å². The summed E-state index contributed by atoms with van der Waals surface area (Å²) < 4.78 is 5.24. The second-order valence-corrected chi connectivity index (χ2v) is 10.8. The minimum atomic E-state index is 0.376. The molecule has 2 aliphatic rings. The number of nitrogens with one attached hydrogen (secondary N) is 3. The van der Waals surface area contributed by atoms with Crippen LogP contribution in [0.4, 0.5) is 11.5 Å². The highest BCUT2D eigenvalue weighted by molar-refractivity contribution is 6.33. The van der Waals surface area contributed by atoms with Gasteiger partial charge in [-0.25, -0.2) is 9.97 Å². The van der Waals surface area contributed by atoms with Crippen LogP contribution in [0.15, 0.2) is 24.5 Å². The highest BCUT2D eigenvalue weighted by atomic mass is 35.5. The van der Waals surface area contributed by atoms with Crippen molar-refractivity contribution in [3.63, 3.8) is 0 Å². The lowest BCUT2D eigenvalue weighted by molar-refractivity contribution is 0.161. The van der Waals surface area contributed by atoms with Gasteiger partial charge in [0.05, 0.1) is 17.3 Å². The Hall–Kier alpha value is -1.60. The zero-order valence-electron chi connectivity index (χ0n) is 19.8. The molecule has 2 aromatic rings. The first-order valence-corrected chi connectivity index (χ1v) is 12.7. The molecule has 2 aliphatic carbocycles. The van der Waals surface area contributed by atoms with Crippen LogP contribution in [0, 0.1) is 5.41 Å². The number of halogens is 2. The number of rotatable bonds is 10. The van der Waals surface area contributed by atoms with E-state index in [0.717, 1.165) is 61.5 Å². The third kappa shape index (κ3) is 6.72. The number of hydrogen-bond acceptors (Lipinski definition) is 6. The van der Waals surface area contributed by atoms with Crippen molar-refractivity contribution in [1.82, 2.24) is 15.3 Å². The lowest BCUT2D eigenvalue weighted by Gasteiger charge is -2.32. The van der Waals surface area contributed by atoms with E-state index in [9.17, 15) is 0 Å². The first-order chi connectivity index (χ1) is 15.8. The molecule has 4 rings (SSSR count). The van der Waals surface area contributed by atoms with Gasteiger partial charge in [-0.1, -0.05) is 30.1 Å². The lowest BCUT2D eigenvalue weighted by Crippen LogP contribution is -2.42. The SMILES string of the molecule is COC[C@H](C)NC1CCC(Nc2cc(-c3cnc(Cl)c(NCC4(C)CC4)c3)c(Cl)cn2)CC1. The molecule has 0 radical (unpaired) electrons. The third-order valence-corrected chi connectivity index (χ3v) is 7.43. The van der Waals surface area contributed by atoms with E-state index in [1.165, 1.54) is 12.8 Å². The van der Waals surface area contributed by atoms with Crippen LogP contribution >= 0.6 is 23.2 Å². The van der Waals surface area contributed by atoms with Crippen molar-refractivity contribution < 1.29 is 4.74 Å². The summed E-state index contributed by atoms with van der Waals surface area (Å²) in [5.41, 5.74) is 3.06. The average Bonchev–Trinajstić information content (AvgIpc) is 3.53. The molecule has 2 saturated carbocycles. The van der Waals surface area contributed by atoms with Crippen molar-refractivity contribution >= 4 is 34.7 Å². The second-order valence-electron chi connectivity index (χ2n) is 9.99. The van der Waals surface area contributed by atoms with Gasteiger partial charge in [-0.3, -0.25) is 0 Å². The van der Waals surface area contributed by atoms with Gasteiger partial charge in [0.1, 0.15) is 5.82 Å². The summed E-state index contributed by atoms with van der Waals surface area (Å²) in [6.07, 6.45) is 10.5. The summed E-state index contributed by atoms with van der Waals surface area (Å²) >= 11 is 12.9. The fraction of sp³-hybridized carbons (Fsp3) is 0.600. The van der Waals surface area contributed by atoms with Gasteiger partial charge in [-0.15, -0.1) is 0 Å². The van der Waals surface area contributed by atoms with Crippen LogP contribution in [0.25, 0.3) is 11.1 Å². The Morgan fingerprint density at radius 2 is 1.82 bits per heavy atom. The van der Waals surface area contributed by atoms with Crippen molar-refractivity contribution in [1.29, 1.82) is 0 Å². The normalized spacial score (nSPS) is 22.6. The Balaban J connectivity index is 1.39. The second kappa shape index (κ2) is 10.8. The Morgan fingerprint density at radius 3 is 2.52 bits per heavy atom. The topological polar surface area (TPSA) is 71.1 Å². The highest BCUT2D eigenvalue weighted by Crippen LogP contribution is 2.45. The van der Waals surface area contributed by atoms with Crippen LogP contribution in [0.1, 0.15) is 52.4 Å². The fourth-order valence-electron chi connectivity index (χ4n) is 4.47. The molecular weight excluding hydrogens is 457 g/mol. The average molecular weight is 492 g/mol.